The molecule has 0 fully saturated rings. The number of hydrogen-bond donors (Lipinski definition) is 2. The topological polar surface area (TPSA) is 90.7 Å². The Morgan fingerprint density at radius 3 is 2.32 bits per heavy atom. The van der Waals surface area contributed by atoms with Gasteiger partial charge in [0.2, 0.25) is 5.91 Å². The molecule has 0 atom stereocenters. The molecule has 7 heteroatoms. The maximum absolute atomic E-state index is 12.1. The van der Waals surface area contributed by atoms with Crippen LogP contribution in [0.25, 0.3) is 0 Å². The number of esters is 1. The summed E-state index contributed by atoms with van der Waals surface area (Å²) in [4.78, 5) is 23.9. The smallest absolute Gasteiger partial charge is 0.321 e. The summed E-state index contributed by atoms with van der Waals surface area (Å²) in [5.74, 6) is -0.301. The fourth-order valence-electron chi connectivity index (χ4n) is 1.50. The van der Waals surface area contributed by atoms with Gasteiger partial charge in [-0.15, -0.1) is 12.4 Å². The number of amides is 1. The molecule has 0 bridgehead atoms. The van der Waals surface area contributed by atoms with Gasteiger partial charge < -0.3 is 20.5 Å². The third-order valence-corrected chi connectivity index (χ3v) is 2.85. The molecule has 0 aromatic heterocycles. The minimum atomic E-state index is -1.25. The highest BCUT2D eigenvalue weighted by Crippen LogP contribution is 2.22. The summed E-state index contributed by atoms with van der Waals surface area (Å²) in [6, 6.07) is 6.85. The Bertz CT molecular complexity index is 489. The molecular formula is C15H23ClN2O4. The van der Waals surface area contributed by atoms with E-state index in [0.29, 0.717) is 24.6 Å². The van der Waals surface area contributed by atoms with E-state index in [9.17, 15) is 9.59 Å². The van der Waals surface area contributed by atoms with Crippen molar-refractivity contribution in [3.05, 3.63) is 24.3 Å². The Morgan fingerprint density at radius 1 is 1.23 bits per heavy atom. The SMILES string of the molecule is CCOC(=O)C(C)(C)C(=O)Nc1ccc(OCCN)cc1.Cl. The predicted molar refractivity (Wildman–Crippen MR) is 87.3 cm³/mol. The van der Waals surface area contributed by atoms with Crippen LogP contribution in [-0.2, 0) is 14.3 Å². The van der Waals surface area contributed by atoms with Crippen molar-refractivity contribution in [3.63, 3.8) is 0 Å². The van der Waals surface area contributed by atoms with E-state index in [-0.39, 0.29) is 19.0 Å². The molecule has 1 amide bonds. The number of carbonyl (C=O) groups is 2. The lowest BCUT2D eigenvalue weighted by molar-refractivity contribution is -0.156. The van der Waals surface area contributed by atoms with E-state index in [4.69, 9.17) is 15.2 Å². The second-order valence-electron chi connectivity index (χ2n) is 4.96. The average Bonchev–Trinajstić information content (AvgIpc) is 2.46. The van der Waals surface area contributed by atoms with Crippen molar-refractivity contribution in [2.45, 2.75) is 20.8 Å². The van der Waals surface area contributed by atoms with Crippen LogP contribution in [0.1, 0.15) is 20.8 Å². The third kappa shape index (κ3) is 5.54. The van der Waals surface area contributed by atoms with Gasteiger partial charge in [0.05, 0.1) is 6.61 Å². The van der Waals surface area contributed by atoms with E-state index >= 15 is 0 Å². The van der Waals surface area contributed by atoms with Crippen LogP contribution in [0.5, 0.6) is 5.75 Å². The number of halogens is 1. The number of anilines is 1. The zero-order chi connectivity index (χ0) is 15.9. The largest absolute Gasteiger partial charge is 0.492 e. The van der Waals surface area contributed by atoms with Crippen molar-refractivity contribution in [1.29, 1.82) is 0 Å². The van der Waals surface area contributed by atoms with Crippen LogP contribution < -0.4 is 15.8 Å². The molecule has 0 aliphatic rings. The molecule has 124 valence electrons. The molecule has 0 saturated carbocycles. The molecule has 1 aromatic rings. The fourth-order valence-corrected chi connectivity index (χ4v) is 1.50. The molecule has 0 aliphatic heterocycles. The minimum Gasteiger partial charge on any atom is -0.492 e. The number of benzene rings is 1. The normalized spacial score (nSPS) is 10.4. The number of carbonyl (C=O) groups excluding carboxylic acids is 2. The van der Waals surface area contributed by atoms with E-state index in [2.05, 4.69) is 5.32 Å². The van der Waals surface area contributed by atoms with E-state index in [1.807, 2.05) is 0 Å². The van der Waals surface area contributed by atoms with Gasteiger partial charge in [0, 0.05) is 12.2 Å². The van der Waals surface area contributed by atoms with Gasteiger partial charge in [0.1, 0.15) is 17.8 Å². The zero-order valence-corrected chi connectivity index (χ0v) is 13.9. The first kappa shape index (κ1) is 20.2. The van der Waals surface area contributed by atoms with Crippen molar-refractivity contribution in [1.82, 2.24) is 0 Å². The standard InChI is InChI=1S/C15H22N2O4.ClH/c1-4-20-14(19)15(2,3)13(18)17-11-5-7-12(8-6-11)21-10-9-16;/h5-8H,4,9-10,16H2,1-3H3,(H,17,18);1H. The highest BCUT2D eigenvalue weighted by atomic mass is 35.5. The summed E-state index contributed by atoms with van der Waals surface area (Å²) in [7, 11) is 0. The summed E-state index contributed by atoms with van der Waals surface area (Å²) in [5, 5.41) is 2.68. The van der Waals surface area contributed by atoms with Crippen LogP contribution in [0.15, 0.2) is 24.3 Å². The first-order chi connectivity index (χ1) is 9.91. The van der Waals surface area contributed by atoms with Crippen molar-refractivity contribution < 1.29 is 19.1 Å². The van der Waals surface area contributed by atoms with Gasteiger partial charge >= 0.3 is 5.97 Å². The average molecular weight is 331 g/mol. The Labute approximate surface area is 136 Å². The van der Waals surface area contributed by atoms with Gasteiger partial charge in [-0.1, -0.05) is 0 Å². The van der Waals surface area contributed by atoms with Crippen molar-refractivity contribution in [3.8, 4) is 5.75 Å². The fraction of sp³-hybridized carbons (Fsp3) is 0.467. The predicted octanol–water partition coefficient (Wildman–Crippen LogP) is 1.97. The second-order valence-corrected chi connectivity index (χ2v) is 4.96. The number of ether oxygens (including phenoxy) is 2. The van der Waals surface area contributed by atoms with Crippen molar-refractivity contribution in [2.75, 3.05) is 25.1 Å². The van der Waals surface area contributed by atoms with Gasteiger partial charge in [-0.3, -0.25) is 9.59 Å². The summed E-state index contributed by atoms with van der Waals surface area (Å²) in [6.07, 6.45) is 0. The number of rotatable bonds is 7. The molecule has 0 unspecified atom stereocenters. The molecule has 6 nitrogen and oxygen atoms in total. The second kappa shape index (κ2) is 9.27. The Morgan fingerprint density at radius 2 is 1.82 bits per heavy atom. The molecule has 0 aliphatic carbocycles. The van der Waals surface area contributed by atoms with Crippen LogP contribution in [0.4, 0.5) is 5.69 Å². The van der Waals surface area contributed by atoms with Gasteiger partial charge in [0.25, 0.3) is 0 Å². The van der Waals surface area contributed by atoms with Crippen molar-refractivity contribution >= 4 is 30.0 Å². The van der Waals surface area contributed by atoms with Gasteiger partial charge in [-0.05, 0) is 45.0 Å². The first-order valence-electron chi connectivity index (χ1n) is 6.83. The number of nitrogens with one attached hydrogen (secondary N) is 1. The van der Waals surface area contributed by atoms with Crippen LogP contribution in [0, 0.1) is 5.41 Å². The Balaban J connectivity index is 0.00000441. The quantitative estimate of drug-likeness (QED) is 0.589. The summed E-state index contributed by atoms with van der Waals surface area (Å²) in [6.45, 7) is 5.86. The number of nitrogens with two attached hydrogens (primary N) is 1. The maximum Gasteiger partial charge on any atom is 0.321 e. The van der Waals surface area contributed by atoms with Crippen LogP contribution in [0.2, 0.25) is 0 Å². The molecule has 1 aromatic carbocycles. The third-order valence-electron chi connectivity index (χ3n) is 2.85. The highest BCUT2D eigenvalue weighted by molar-refractivity contribution is 6.08. The summed E-state index contributed by atoms with van der Waals surface area (Å²) in [5.41, 5.74) is 4.68. The van der Waals surface area contributed by atoms with Crippen LogP contribution >= 0.6 is 12.4 Å². The lowest BCUT2D eigenvalue weighted by atomic mass is 9.92. The minimum absolute atomic E-state index is 0. The molecule has 22 heavy (non-hydrogen) atoms. The lowest BCUT2D eigenvalue weighted by Gasteiger charge is -2.21. The zero-order valence-electron chi connectivity index (χ0n) is 13.0. The van der Waals surface area contributed by atoms with Gasteiger partial charge in [-0.2, -0.15) is 0 Å². The van der Waals surface area contributed by atoms with E-state index in [1.165, 1.54) is 13.8 Å². The summed E-state index contributed by atoms with van der Waals surface area (Å²) < 4.78 is 10.2. The van der Waals surface area contributed by atoms with Gasteiger partial charge in [0.15, 0.2) is 0 Å². The monoisotopic (exact) mass is 330 g/mol. The molecule has 3 N–H and O–H groups in total. The Kier molecular flexibility index (Phi) is 8.52. The van der Waals surface area contributed by atoms with Crippen LogP contribution in [-0.4, -0.2) is 31.6 Å². The summed E-state index contributed by atoms with van der Waals surface area (Å²) >= 11 is 0. The molecule has 0 spiro atoms. The number of hydrogen-bond acceptors (Lipinski definition) is 5. The maximum atomic E-state index is 12.1. The first-order valence-corrected chi connectivity index (χ1v) is 6.83. The van der Waals surface area contributed by atoms with E-state index in [1.54, 1.807) is 31.2 Å². The van der Waals surface area contributed by atoms with E-state index in [0.717, 1.165) is 0 Å². The van der Waals surface area contributed by atoms with E-state index < -0.39 is 17.3 Å². The molecule has 0 heterocycles. The molecule has 1 rings (SSSR count). The highest BCUT2D eigenvalue weighted by Gasteiger charge is 2.37. The van der Waals surface area contributed by atoms with Crippen molar-refractivity contribution in [2.24, 2.45) is 11.1 Å². The van der Waals surface area contributed by atoms with Crippen LogP contribution in [0.3, 0.4) is 0 Å². The Hall–Kier alpha value is -1.79. The molecular weight excluding hydrogens is 308 g/mol. The molecule has 0 saturated heterocycles. The molecule has 0 radical (unpaired) electrons. The lowest BCUT2D eigenvalue weighted by Crippen LogP contribution is -2.39. The van der Waals surface area contributed by atoms with Gasteiger partial charge in [-0.25, -0.2) is 0 Å².